The van der Waals surface area contributed by atoms with Gasteiger partial charge >= 0.3 is 6.09 Å². The van der Waals surface area contributed by atoms with Gasteiger partial charge in [-0.2, -0.15) is 0 Å². The fourth-order valence-electron chi connectivity index (χ4n) is 4.01. The number of imidazole rings is 1. The van der Waals surface area contributed by atoms with Crippen LogP contribution in [0.15, 0.2) is 48.5 Å². The first-order chi connectivity index (χ1) is 14.7. The minimum atomic E-state index is -0.501. The molecule has 164 valence electrons. The predicted molar refractivity (Wildman–Crippen MR) is 125 cm³/mol. The van der Waals surface area contributed by atoms with Crippen molar-refractivity contribution < 1.29 is 9.53 Å². The molecule has 2 aromatic carbocycles. The van der Waals surface area contributed by atoms with E-state index in [0.717, 1.165) is 27.6 Å². The van der Waals surface area contributed by atoms with Crippen molar-refractivity contribution in [1.82, 2.24) is 14.5 Å². The Morgan fingerprint density at radius 1 is 1.16 bits per heavy atom. The minimum Gasteiger partial charge on any atom is -0.444 e. The SMILES string of the molecule is CC1CN(c2nc3ccccc3n2Cc2cccc(Cl)c2)CCN1C(=O)OC(C)(C)C. The first-order valence-corrected chi connectivity index (χ1v) is 11.0. The van der Waals surface area contributed by atoms with Gasteiger partial charge in [-0.3, -0.25) is 0 Å². The number of carbonyl (C=O) groups is 1. The molecule has 0 spiro atoms. The number of rotatable bonds is 3. The van der Waals surface area contributed by atoms with Gasteiger partial charge in [0, 0.05) is 30.7 Å². The molecule has 1 saturated heterocycles. The lowest BCUT2D eigenvalue weighted by Gasteiger charge is -2.40. The van der Waals surface area contributed by atoms with Gasteiger partial charge < -0.3 is 19.1 Å². The number of fused-ring (bicyclic) bond motifs is 1. The third-order valence-corrected chi connectivity index (χ3v) is 5.64. The van der Waals surface area contributed by atoms with Crippen LogP contribution in [0.5, 0.6) is 0 Å². The summed E-state index contributed by atoms with van der Waals surface area (Å²) in [5.74, 6) is 0.914. The molecule has 4 rings (SSSR count). The third kappa shape index (κ3) is 4.79. The number of para-hydroxylation sites is 2. The summed E-state index contributed by atoms with van der Waals surface area (Å²) < 4.78 is 7.82. The van der Waals surface area contributed by atoms with Crippen molar-refractivity contribution in [3.05, 3.63) is 59.1 Å². The quantitative estimate of drug-likeness (QED) is 0.562. The van der Waals surface area contributed by atoms with Gasteiger partial charge in [-0.1, -0.05) is 35.9 Å². The highest BCUT2D eigenvalue weighted by atomic mass is 35.5. The van der Waals surface area contributed by atoms with Crippen LogP contribution in [-0.2, 0) is 11.3 Å². The van der Waals surface area contributed by atoms with E-state index in [9.17, 15) is 4.79 Å². The Balaban J connectivity index is 1.61. The van der Waals surface area contributed by atoms with Gasteiger partial charge in [-0.15, -0.1) is 0 Å². The van der Waals surface area contributed by atoms with E-state index >= 15 is 0 Å². The number of carbonyl (C=O) groups excluding carboxylic acids is 1. The van der Waals surface area contributed by atoms with Gasteiger partial charge in [0.25, 0.3) is 0 Å². The number of halogens is 1. The highest BCUT2D eigenvalue weighted by molar-refractivity contribution is 6.30. The van der Waals surface area contributed by atoms with Crippen molar-refractivity contribution in [2.45, 2.75) is 45.9 Å². The summed E-state index contributed by atoms with van der Waals surface area (Å²) >= 11 is 6.22. The number of ether oxygens (including phenoxy) is 1. The second-order valence-electron chi connectivity index (χ2n) is 9.09. The molecule has 6 nitrogen and oxygen atoms in total. The average Bonchev–Trinajstić information content (AvgIpc) is 3.05. The summed E-state index contributed by atoms with van der Waals surface area (Å²) in [5, 5.41) is 0.725. The maximum atomic E-state index is 12.6. The monoisotopic (exact) mass is 440 g/mol. The molecule has 0 bridgehead atoms. The number of amides is 1. The van der Waals surface area contributed by atoms with E-state index in [1.54, 1.807) is 0 Å². The Morgan fingerprint density at radius 2 is 1.94 bits per heavy atom. The smallest absolute Gasteiger partial charge is 0.410 e. The van der Waals surface area contributed by atoms with Crippen LogP contribution in [0, 0.1) is 0 Å². The highest BCUT2D eigenvalue weighted by Crippen LogP contribution is 2.27. The Labute approximate surface area is 188 Å². The largest absolute Gasteiger partial charge is 0.444 e. The fourth-order valence-corrected chi connectivity index (χ4v) is 4.22. The van der Waals surface area contributed by atoms with E-state index in [0.29, 0.717) is 26.2 Å². The van der Waals surface area contributed by atoms with Gasteiger partial charge in [0.15, 0.2) is 0 Å². The molecular formula is C24H29ClN4O2. The molecule has 0 aliphatic carbocycles. The zero-order chi connectivity index (χ0) is 22.2. The van der Waals surface area contributed by atoms with Crippen molar-refractivity contribution in [3.8, 4) is 0 Å². The van der Waals surface area contributed by atoms with Crippen LogP contribution in [0.2, 0.25) is 5.02 Å². The summed E-state index contributed by atoms with van der Waals surface area (Å²) in [6.45, 7) is 10.4. The summed E-state index contributed by atoms with van der Waals surface area (Å²) in [6, 6.07) is 16.1. The van der Waals surface area contributed by atoms with E-state index in [1.165, 1.54) is 0 Å². The molecule has 1 unspecified atom stereocenters. The first kappa shape index (κ1) is 21.5. The number of nitrogens with zero attached hydrogens (tertiary/aromatic N) is 4. The molecule has 0 saturated carbocycles. The maximum Gasteiger partial charge on any atom is 0.410 e. The van der Waals surface area contributed by atoms with Gasteiger partial charge in [0.2, 0.25) is 5.95 Å². The summed E-state index contributed by atoms with van der Waals surface area (Å²) in [5.41, 5.74) is 2.66. The summed E-state index contributed by atoms with van der Waals surface area (Å²) in [6.07, 6.45) is -0.257. The molecule has 0 radical (unpaired) electrons. The highest BCUT2D eigenvalue weighted by Gasteiger charge is 2.32. The van der Waals surface area contributed by atoms with Crippen LogP contribution >= 0.6 is 11.6 Å². The van der Waals surface area contributed by atoms with Crippen LogP contribution in [0.25, 0.3) is 11.0 Å². The fraction of sp³-hybridized carbons (Fsp3) is 0.417. The predicted octanol–water partition coefficient (Wildman–Crippen LogP) is 5.18. The lowest BCUT2D eigenvalue weighted by molar-refractivity contribution is 0.0158. The Bertz CT molecular complexity index is 1090. The first-order valence-electron chi connectivity index (χ1n) is 10.7. The molecule has 1 aromatic heterocycles. The molecular weight excluding hydrogens is 412 g/mol. The van der Waals surface area contributed by atoms with Gasteiger partial charge in [0.1, 0.15) is 5.60 Å². The van der Waals surface area contributed by atoms with Crippen molar-refractivity contribution in [2.24, 2.45) is 0 Å². The van der Waals surface area contributed by atoms with Crippen LogP contribution in [0.3, 0.4) is 0 Å². The molecule has 1 atom stereocenters. The Hall–Kier alpha value is -2.73. The van der Waals surface area contributed by atoms with Crippen LogP contribution in [0.1, 0.15) is 33.3 Å². The van der Waals surface area contributed by atoms with E-state index < -0.39 is 5.60 Å². The molecule has 1 amide bonds. The molecule has 1 fully saturated rings. The molecule has 0 N–H and O–H groups in total. The zero-order valence-electron chi connectivity index (χ0n) is 18.5. The Morgan fingerprint density at radius 3 is 2.65 bits per heavy atom. The Kier molecular flexibility index (Phi) is 5.84. The summed E-state index contributed by atoms with van der Waals surface area (Å²) in [7, 11) is 0. The van der Waals surface area contributed by atoms with Crippen molar-refractivity contribution >= 4 is 34.7 Å². The number of hydrogen-bond donors (Lipinski definition) is 0. The minimum absolute atomic E-state index is 0.0167. The third-order valence-electron chi connectivity index (χ3n) is 5.40. The maximum absolute atomic E-state index is 12.6. The van der Waals surface area contributed by atoms with Gasteiger partial charge in [-0.25, -0.2) is 9.78 Å². The van der Waals surface area contributed by atoms with E-state index in [-0.39, 0.29) is 12.1 Å². The van der Waals surface area contributed by atoms with Crippen molar-refractivity contribution in [1.29, 1.82) is 0 Å². The zero-order valence-corrected chi connectivity index (χ0v) is 19.3. The van der Waals surface area contributed by atoms with Crippen LogP contribution in [0.4, 0.5) is 10.7 Å². The number of hydrogen-bond acceptors (Lipinski definition) is 4. The van der Waals surface area contributed by atoms with Gasteiger partial charge in [-0.05, 0) is 57.5 Å². The van der Waals surface area contributed by atoms with Crippen molar-refractivity contribution in [3.63, 3.8) is 0 Å². The van der Waals surface area contributed by atoms with E-state index in [4.69, 9.17) is 21.3 Å². The van der Waals surface area contributed by atoms with Crippen molar-refractivity contribution in [2.75, 3.05) is 24.5 Å². The van der Waals surface area contributed by atoms with Crippen LogP contribution < -0.4 is 4.90 Å². The summed E-state index contributed by atoms with van der Waals surface area (Å²) in [4.78, 5) is 21.6. The number of piperazine rings is 1. The van der Waals surface area contributed by atoms with E-state index in [2.05, 4.69) is 28.5 Å². The number of benzene rings is 2. The van der Waals surface area contributed by atoms with E-state index in [1.807, 2.05) is 62.1 Å². The second kappa shape index (κ2) is 8.42. The van der Waals surface area contributed by atoms with Gasteiger partial charge in [0.05, 0.1) is 17.6 Å². The lowest BCUT2D eigenvalue weighted by Crippen LogP contribution is -2.55. The number of aromatic nitrogens is 2. The molecule has 7 heteroatoms. The molecule has 3 aromatic rings. The lowest BCUT2D eigenvalue weighted by atomic mass is 10.2. The molecule has 31 heavy (non-hydrogen) atoms. The van der Waals surface area contributed by atoms with Crippen LogP contribution in [-0.4, -0.2) is 51.8 Å². The normalized spacial score (nSPS) is 17.3. The molecule has 1 aliphatic rings. The topological polar surface area (TPSA) is 50.6 Å². The second-order valence-corrected chi connectivity index (χ2v) is 9.52. The number of anilines is 1. The molecule has 2 heterocycles. The average molecular weight is 441 g/mol. The standard InChI is InChI=1S/C24H29ClN4O2/c1-17-15-27(12-13-28(17)23(30)31-24(2,3)4)22-26-20-10-5-6-11-21(20)29(22)16-18-8-7-9-19(25)14-18/h5-11,14,17H,12-13,15-16H2,1-4H3. The molecule has 1 aliphatic heterocycles.